The van der Waals surface area contributed by atoms with Crippen LogP contribution in [0.4, 0.5) is 0 Å². The number of aryl methyl sites for hydroxylation is 2. The Morgan fingerprint density at radius 1 is 1.19 bits per heavy atom. The largest absolute Gasteiger partial charge is 0.298 e. The van der Waals surface area contributed by atoms with Crippen molar-refractivity contribution in [1.82, 2.24) is 9.55 Å². The van der Waals surface area contributed by atoms with Gasteiger partial charge in [0.25, 0.3) is 5.56 Å². The van der Waals surface area contributed by atoms with Crippen molar-refractivity contribution in [3.8, 4) is 0 Å². The van der Waals surface area contributed by atoms with Gasteiger partial charge in [0, 0.05) is 17.3 Å². The molecular weight excluding hydrogens is 376 g/mol. The highest BCUT2D eigenvalue weighted by Crippen LogP contribution is 2.60. The van der Waals surface area contributed by atoms with Crippen molar-refractivity contribution >= 4 is 39.1 Å². The van der Waals surface area contributed by atoms with Crippen LogP contribution in [0.3, 0.4) is 0 Å². The summed E-state index contributed by atoms with van der Waals surface area (Å²) in [5.41, 5.74) is 0.969. The van der Waals surface area contributed by atoms with E-state index in [2.05, 4.69) is 0 Å². The fourth-order valence-electron chi connectivity index (χ4n) is 6.22. The van der Waals surface area contributed by atoms with Crippen molar-refractivity contribution in [1.29, 1.82) is 0 Å². The Labute approximate surface area is 167 Å². The molecule has 0 atom stereocenters. The number of ketones is 1. The maximum absolute atomic E-state index is 13.3. The lowest BCUT2D eigenvalue weighted by atomic mass is 9.48. The maximum Gasteiger partial charge on any atom is 0.262 e. The second-order valence-electron chi connectivity index (χ2n) is 9.13. The Balaban J connectivity index is 1.39. The number of fused-ring (bicyclic) bond motifs is 1. The molecule has 4 bridgehead atoms. The highest BCUT2D eigenvalue weighted by Gasteiger charge is 2.54. The summed E-state index contributed by atoms with van der Waals surface area (Å²) in [6, 6.07) is 0. The Hall–Kier alpha value is -1.14. The van der Waals surface area contributed by atoms with Crippen LogP contribution in [0.2, 0.25) is 0 Å². The molecule has 2 aromatic heterocycles. The van der Waals surface area contributed by atoms with E-state index in [4.69, 9.17) is 4.98 Å². The van der Waals surface area contributed by atoms with Crippen molar-refractivity contribution in [3.05, 3.63) is 20.8 Å². The zero-order valence-electron chi connectivity index (χ0n) is 16.2. The Morgan fingerprint density at radius 2 is 1.78 bits per heavy atom. The lowest BCUT2D eigenvalue weighted by Crippen LogP contribution is -2.50. The molecule has 0 amide bonds. The molecule has 4 aliphatic carbocycles. The fraction of sp³-hybridized carbons (Fsp3) is 0.667. The molecule has 27 heavy (non-hydrogen) atoms. The highest BCUT2D eigenvalue weighted by atomic mass is 32.2. The molecular formula is C21H26N2O2S2. The number of nitrogens with zero attached hydrogens (tertiary/aromatic N) is 2. The van der Waals surface area contributed by atoms with E-state index >= 15 is 0 Å². The van der Waals surface area contributed by atoms with Gasteiger partial charge in [-0.3, -0.25) is 14.2 Å². The van der Waals surface area contributed by atoms with Crippen molar-refractivity contribution < 1.29 is 4.79 Å². The topological polar surface area (TPSA) is 52.0 Å². The van der Waals surface area contributed by atoms with Crippen molar-refractivity contribution in [2.24, 2.45) is 30.2 Å². The first-order chi connectivity index (χ1) is 12.9. The lowest BCUT2D eigenvalue weighted by Gasteiger charge is -2.56. The molecule has 6 rings (SSSR count). The third kappa shape index (κ3) is 2.74. The molecule has 4 nitrogen and oxygen atoms in total. The number of hydrogen-bond acceptors (Lipinski definition) is 5. The summed E-state index contributed by atoms with van der Waals surface area (Å²) in [7, 11) is 1.78. The molecule has 0 radical (unpaired) electrons. The quantitative estimate of drug-likeness (QED) is 0.558. The normalized spacial score (nSPS) is 31.7. The van der Waals surface area contributed by atoms with Gasteiger partial charge in [-0.25, -0.2) is 4.98 Å². The summed E-state index contributed by atoms with van der Waals surface area (Å²) < 4.78 is 1.62. The minimum Gasteiger partial charge on any atom is -0.298 e. The standard InChI is InChI=1S/C21H26N2O2S2/c1-11-12(2)27-18-17(11)19(25)23(3)20(22-18)26-10-16(24)21-7-13-4-14(8-21)6-15(5-13)9-21/h13-15H,4-10H2,1-3H3. The van der Waals surface area contributed by atoms with E-state index in [-0.39, 0.29) is 11.0 Å². The molecule has 144 valence electrons. The monoisotopic (exact) mass is 402 g/mol. The first kappa shape index (κ1) is 17.9. The molecule has 4 fully saturated rings. The summed E-state index contributed by atoms with van der Waals surface area (Å²) in [5, 5.41) is 1.41. The molecule has 6 heteroatoms. The average Bonchev–Trinajstić information content (AvgIpc) is 2.89. The van der Waals surface area contributed by atoms with Crippen LogP contribution >= 0.6 is 23.1 Å². The van der Waals surface area contributed by atoms with Crippen LogP contribution in [-0.2, 0) is 11.8 Å². The Kier molecular flexibility index (Phi) is 4.10. The summed E-state index contributed by atoms with van der Waals surface area (Å²) in [6.45, 7) is 4.02. The van der Waals surface area contributed by atoms with E-state index in [1.54, 1.807) is 23.0 Å². The molecule has 4 saturated carbocycles. The highest BCUT2D eigenvalue weighted by molar-refractivity contribution is 7.99. The van der Waals surface area contributed by atoms with Crippen molar-refractivity contribution in [2.45, 2.75) is 57.5 Å². The van der Waals surface area contributed by atoms with Gasteiger partial charge < -0.3 is 0 Å². The van der Waals surface area contributed by atoms with Crippen molar-refractivity contribution in [2.75, 3.05) is 5.75 Å². The molecule has 0 aromatic carbocycles. The van der Waals surface area contributed by atoms with Crippen LogP contribution in [0.5, 0.6) is 0 Å². The summed E-state index contributed by atoms with van der Waals surface area (Å²) >= 11 is 3.03. The Morgan fingerprint density at radius 3 is 2.37 bits per heavy atom. The Bertz CT molecular complexity index is 968. The van der Waals surface area contributed by atoms with E-state index in [9.17, 15) is 9.59 Å². The summed E-state index contributed by atoms with van der Waals surface area (Å²) in [6.07, 6.45) is 7.36. The van der Waals surface area contributed by atoms with E-state index in [1.807, 2.05) is 13.8 Å². The van der Waals surface area contributed by atoms with Gasteiger partial charge in [0.05, 0.1) is 11.1 Å². The predicted molar refractivity (Wildman–Crippen MR) is 111 cm³/mol. The van der Waals surface area contributed by atoms with Crippen molar-refractivity contribution in [3.63, 3.8) is 0 Å². The zero-order valence-corrected chi connectivity index (χ0v) is 17.8. The first-order valence-corrected chi connectivity index (χ1v) is 11.8. The minimum atomic E-state index is -0.0686. The number of hydrogen-bond donors (Lipinski definition) is 0. The molecule has 2 aromatic rings. The third-order valence-corrected chi connectivity index (χ3v) is 9.46. The van der Waals surface area contributed by atoms with Crippen LogP contribution < -0.4 is 5.56 Å². The predicted octanol–water partition coefficient (Wildman–Crippen LogP) is 4.49. The smallest absolute Gasteiger partial charge is 0.262 e. The molecule has 0 unspecified atom stereocenters. The van der Waals surface area contributed by atoms with E-state index in [1.165, 1.54) is 31.0 Å². The van der Waals surface area contributed by atoms with Gasteiger partial charge in [0.1, 0.15) is 10.6 Å². The number of aromatic nitrogens is 2. The average molecular weight is 403 g/mol. The number of carbonyl (C=O) groups is 1. The van der Waals surface area contributed by atoms with E-state index in [0.717, 1.165) is 57.7 Å². The van der Waals surface area contributed by atoms with Gasteiger partial charge >= 0.3 is 0 Å². The van der Waals surface area contributed by atoms with Gasteiger partial charge in [-0.2, -0.15) is 0 Å². The fourth-order valence-corrected chi connectivity index (χ4v) is 8.30. The van der Waals surface area contributed by atoms with Gasteiger partial charge in [0.2, 0.25) is 0 Å². The number of rotatable bonds is 4. The summed E-state index contributed by atoms with van der Waals surface area (Å²) in [5.74, 6) is 3.18. The second-order valence-corrected chi connectivity index (χ2v) is 11.3. The van der Waals surface area contributed by atoms with Crippen LogP contribution in [0.15, 0.2) is 9.95 Å². The molecule has 2 heterocycles. The molecule has 0 aliphatic heterocycles. The molecule has 0 spiro atoms. The molecule has 0 N–H and O–H groups in total. The number of thioether (sulfide) groups is 1. The van der Waals surface area contributed by atoms with Crippen LogP contribution in [0.1, 0.15) is 49.0 Å². The summed E-state index contributed by atoms with van der Waals surface area (Å²) in [4.78, 5) is 32.7. The lowest BCUT2D eigenvalue weighted by molar-refractivity contribution is -0.141. The number of carbonyl (C=O) groups excluding carboxylic acids is 1. The van der Waals surface area contributed by atoms with Crippen LogP contribution in [0.25, 0.3) is 10.2 Å². The minimum absolute atomic E-state index is 0.00611. The van der Waals surface area contributed by atoms with Gasteiger partial charge in [-0.1, -0.05) is 11.8 Å². The molecule has 4 aliphatic rings. The zero-order chi connectivity index (χ0) is 18.9. The third-order valence-electron chi connectivity index (χ3n) is 7.33. The maximum atomic E-state index is 13.3. The second kappa shape index (κ2) is 6.18. The first-order valence-electron chi connectivity index (χ1n) is 9.99. The van der Waals surface area contributed by atoms with Crippen LogP contribution in [0, 0.1) is 37.0 Å². The van der Waals surface area contributed by atoms with E-state index in [0.29, 0.717) is 16.7 Å². The number of Topliss-reactive ketones (excluding diaryl/α,β-unsaturated/α-hetero) is 1. The van der Waals surface area contributed by atoms with Gasteiger partial charge in [0.15, 0.2) is 5.16 Å². The van der Waals surface area contributed by atoms with Gasteiger partial charge in [-0.05, 0) is 75.7 Å². The molecule has 0 saturated heterocycles. The SMILES string of the molecule is Cc1sc2nc(SCC(=O)C34CC5CC(CC(C5)C3)C4)n(C)c(=O)c2c1C. The van der Waals surface area contributed by atoms with Crippen LogP contribution in [-0.4, -0.2) is 21.1 Å². The van der Waals surface area contributed by atoms with E-state index < -0.39 is 0 Å². The van der Waals surface area contributed by atoms with Gasteiger partial charge in [-0.15, -0.1) is 11.3 Å². The number of thiophene rings is 1.